The molecule has 1 amide bonds. The zero-order valence-corrected chi connectivity index (χ0v) is 11.5. The van der Waals surface area contributed by atoms with Crippen molar-refractivity contribution < 1.29 is 9.90 Å². The highest BCUT2D eigenvalue weighted by Gasteiger charge is 2.19. The van der Waals surface area contributed by atoms with Crippen LogP contribution < -0.4 is 0 Å². The molecule has 7 nitrogen and oxygen atoms in total. The number of hydrogen-bond donors (Lipinski definition) is 1. The molecule has 0 saturated heterocycles. The number of carbonyl (C=O) groups excluding carboxylic acids is 1. The maximum atomic E-state index is 12.1. The predicted octanol–water partition coefficient (Wildman–Crippen LogP) is 0.194. The summed E-state index contributed by atoms with van der Waals surface area (Å²) in [4.78, 5) is 21.8. The Morgan fingerprint density at radius 3 is 2.79 bits per heavy atom. The SMILES string of the molecule is Cc1cc(C)n2nc(C(=O)N(C)CC(C)O)nc2n1. The van der Waals surface area contributed by atoms with E-state index in [9.17, 15) is 9.90 Å². The minimum atomic E-state index is -0.590. The molecule has 19 heavy (non-hydrogen) atoms. The van der Waals surface area contributed by atoms with Gasteiger partial charge < -0.3 is 10.0 Å². The van der Waals surface area contributed by atoms with Crippen LogP contribution >= 0.6 is 0 Å². The maximum absolute atomic E-state index is 12.1. The van der Waals surface area contributed by atoms with Gasteiger partial charge >= 0.3 is 0 Å². The first-order valence-corrected chi connectivity index (χ1v) is 6.03. The van der Waals surface area contributed by atoms with E-state index < -0.39 is 6.10 Å². The number of aliphatic hydroxyl groups is 1. The second kappa shape index (κ2) is 4.93. The Hall–Kier alpha value is -2.02. The maximum Gasteiger partial charge on any atom is 0.293 e. The molecule has 0 aliphatic rings. The summed E-state index contributed by atoms with van der Waals surface area (Å²) in [6.07, 6.45) is -0.590. The predicted molar refractivity (Wildman–Crippen MR) is 68.9 cm³/mol. The summed E-state index contributed by atoms with van der Waals surface area (Å²) in [6.45, 7) is 5.60. The Kier molecular flexibility index (Phi) is 3.48. The summed E-state index contributed by atoms with van der Waals surface area (Å²) in [5.74, 6) is 0.166. The van der Waals surface area contributed by atoms with Crippen LogP contribution in [0.1, 0.15) is 28.9 Å². The highest BCUT2D eigenvalue weighted by molar-refractivity contribution is 5.90. The largest absolute Gasteiger partial charge is 0.392 e. The normalized spacial score (nSPS) is 12.7. The molecule has 0 aromatic carbocycles. The van der Waals surface area contributed by atoms with Crippen LogP contribution in [-0.4, -0.2) is 55.2 Å². The second-order valence-corrected chi connectivity index (χ2v) is 4.72. The number of likely N-dealkylation sites (N-methyl/N-ethyl adjacent to an activating group) is 1. The van der Waals surface area contributed by atoms with Gasteiger partial charge in [-0.05, 0) is 26.8 Å². The van der Waals surface area contributed by atoms with E-state index in [4.69, 9.17) is 0 Å². The Morgan fingerprint density at radius 2 is 2.16 bits per heavy atom. The first-order chi connectivity index (χ1) is 8.88. The van der Waals surface area contributed by atoms with Crippen molar-refractivity contribution in [3.63, 3.8) is 0 Å². The van der Waals surface area contributed by atoms with Gasteiger partial charge in [0.1, 0.15) is 0 Å². The number of carbonyl (C=O) groups is 1. The second-order valence-electron chi connectivity index (χ2n) is 4.72. The van der Waals surface area contributed by atoms with Gasteiger partial charge in [0.05, 0.1) is 6.10 Å². The molecule has 1 unspecified atom stereocenters. The number of aromatic nitrogens is 4. The number of aryl methyl sites for hydroxylation is 2. The zero-order valence-electron chi connectivity index (χ0n) is 11.5. The minimum absolute atomic E-state index is 0.0874. The van der Waals surface area contributed by atoms with Crippen LogP contribution in [0.4, 0.5) is 0 Å². The molecule has 1 N–H and O–H groups in total. The van der Waals surface area contributed by atoms with Crippen LogP contribution in [0, 0.1) is 13.8 Å². The number of nitrogens with zero attached hydrogens (tertiary/aromatic N) is 5. The molecule has 2 heterocycles. The summed E-state index contributed by atoms with van der Waals surface area (Å²) in [5, 5.41) is 13.4. The lowest BCUT2D eigenvalue weighted by Gasteiger charge is -2.16. The Balaban J connectivity index is 2.36. The summed E-state index contributed by atoms with van der Waals surface area (Å²) >= 11 is 0. The zero-order chi connectivity index (χ0) is 14.2. The van der Waals surface area contributed by atoms with Gasteiger partial charge in [-0.1, -0.05) is 0 Å². The van der Waals surface area contributed by atoms with Gasteiger partial charge in [0, 0.05) is 25.0 Å². The smallest absolute Gasteiger partial charge is 0.293 e. The first-order valence-electron chi connectivity index (χ1n) is 6.03. The number of rotatable bonds is 3. The quantitative estimate of drug-likeness (QED) is 0.855. The molecule has 0 fully saturated rings. The molecule has 2 rings (SSSR count). The number of aliphatic hydroxyl groups excluding tert-OH is 1. The van der Waals surface area contributed by atoms with E-state index >= 15 is 0 Å². The summed E-state index contributed by atoms with van der Waals surface area (Å²) in [6, 6.07) is 1.87. The van der Waals surface area contributed by atoms with Crippen LogP contribution in [0.2, 0.25) is 0 Å². The minimum Gasteiger partial charge on any atom is -0.392 e. The van der Waals surface area contributed by atoms with Crippen molar-refractivity contribution in [1.29, 1.82) is 0 Å². The fraction of sp³-hybridized carbons (Fsp3) is 0.500. The molecule has 0 spiro atoms. The van der Waals surface area contributed by atoms with Crippen molar-refractivity contribution in [2.24, 2.45) is 0 Å². The standard InChI is InChI=1S/C12H17N5O2/c1-7-5-8(2)17-12(13-7)14-10(15-17)11(19)16(4)6-9(3)18/h5,9,18H,6H2,1-4H3. The fourth-order valence-corrected chi connectivity index (χ4v) is 1.91. The van der Waals surface area contributed by atoms with E-state index in [0.29, 0.717) is 5.78 Å². The fourth-order valence-electron chi connectivity index (χ4n) is 1.91. The van der Waals surface area contributed by atoms with Gasteiger partial charge in [0.2, 0.25) is 5.82 Å². The lowest BCUT2D eigenvalue weighted by Crippen LogP contribution is -2.33. The van der Waals surface area contributed by atoms with Gasteiger partial charge in [-0.25, -0.2) is 9.50 Å². The van der Waals surface area contributed by atoms with Crippen LogP contribution in [0.3, 0.4) is 0 Å². The first kappa shape index (κ1) is 13.4. The Morgan fingerprint density at radius 1 is 1.47 bits per heavy atom. The van der Waals surface area contributed by atoms with Gasteiger partial charge in [0.15, 0.2) is 0 Å². The third-order valence-corrected chi connectivity index (χ3v) is 2.69. The molecule has 1 atom stereocenters. The molecule has 0 aliphatic heterocycles. The summed E-state index contributed by atoms with van der Waals surface area (Å²) in [7, 11) is 1.60. The van der Waals surface area contributed by atoms with Gasteiger partial charge in [-0.2, -0.15) is 4.98 Å². The van der Waals surface area contributed by atoms with E-state index in [-0.39, 0.29) is 18.3 Å². The lowest BCUT2D eigenvalue weighted by atomic mass is 10.3. The van der Waals surface area contributed by atoms with E-state index in [1.807, 2.05) is 19.9 Å². The third kappa shape index (κ3) is 2.70. The van der Waals surface area contributed by atoms with E-state index in [2.05, 4.69) is 15.1 Å². The average molecular weight is 263 g/mol. The van der Waals surface area contributed by atoms with Gasteiger partial charge in [-0.15, -0.1) is 5.10 Å². The van der Waals surface area contributed by atoms with Crippen molar-refractivity contribution in [2.45, 2.75) is 26.9 Å². The summed E-state index contributed by atoms with van der Waals surface area (Å²) in [5.41, 5.74) is 1.70. The molecule has 2 aromatic heterocycles. The Labute approximate surface area is 110 Å². The molecule has 2 aromatic rings. The number of hydrogen-bond acceptors (Lipinski definition) is 5. The number of amides is 1. The Bertz CT molecular complexity index is 620. The van der Waals surface area contributed by atoms with E-state index in [1.165, 1.54) is 9.42 Å². The topological polar surface area (TPSA) is 83.6 Å². The van der Waals surface area contributed by atoms with Crippen LogP contribution in [0.15, 0.2) is 6.07 Å². The molecular formula is C12H17N5O2. The molecule has 0 aliphatic carbocycles. The van der Waals surface area contributed by atoms with Gasteiger partial charge in [-0.3, -0.25) is 4.79 Å². The van der Waals surface area contributed by atoms with E-state index in [1.54, 1.807) is 14.0 Å². The molecule has 0 saturated carbocycles. The highest BCUT2D eigenvalue weighted by atomic mass is 16.3. The molecule has 7 heteroatoms. The average Bonchev–Trinajstić information content (AvgIpc) is 2.70. The summed E-state index contributed by atoms with van der Waals surface area (Å²) < 4.78 is 1.54. The highest BCUT2D eigenvalue weighted by Crippen LogP contribution is 2.07. The van der Waals surface area contributed by atoms with E-state index in [0.717, 1.165) is 11.4 Å². The van der Waals surface area contributed by atoms with Crippen LogP contribution in [0.25, 0.3) is 5.78 Å². The van der Waals surface area contributed by atoms with Crippen molar-refractivity contribution in [3.05, 3.63) is 23.3 Å². The van der Waals surface area contributed by atoms with Crippen molar-refractivity contribution in [2.75, 3.05) is 13.6 Å². The lowest BCUT2D eigenvalue weighted by molar-refractivity contribution is 0.0692. The van der Waals surface area contributed by atoms with Crippen LogP contribution in [-0.2, 0) is 0 Å². The molecule has 102 valence electrons. The number of fused-ring (bicyclic) bond motifs is 1. The van der Waals surface area contributed by atoms with Gasteiger partial charge in [0.25, 0.3) is 11.7 Å². The van der Waals surface area contributed by atoms with Crippen molar-refractivity contribution >= 4 is 11.7 Å². The molecule has 0 bridgehead atoms. The van der Waals surface area contributed by atoms with Crippen molar-refractivity contribution in [3.8, 4) is 0 Å². The molecular weight excluding hydrogens is 246 g/mol. The van der Waals surface area contributed by atoms with Crippen molar-refractivity contribution in [1.82, 2.24) is 24.5 Å². The van der Waals surface area contributed by atoms with Crippen LogP contribution in [0.5, 0.6) is 0 Å². The third-order valence-electron chi connectivity index (χ3n) is 2.69. The molecule has 0 radical (unpaired) electrons. The monoisotopic (exact) mass is 263 g/mol.